The van der Waals surface area contributed by atoms with Crippen molar-refractivity contribution in [2.24, 2.45) is 5.92 Å². The van der Waals surface area contributed by atoms with Gasteiger partial charge in [0.2, 0.25) is 5.91 Å². The van der Waals surface area contributed by atoms with Gasteiger partial charge in [-0.1, -0.05) is 60.7 Å². The van der Waals surface area contributed by atoms with Crippen molar-refractivity contribution in [3.8, 4) is 0 Å². The highest BCUT2D eigenvalue weighted by Crippen LogP contribution is 2.49. The number of benzene rings is 2. The molecule has 1 heterocycles. The van der Waals surface area contributed by atoms with E-state index < -0.39 is 19.7 Å². The fourth-order valence-electron chi connectivity index (χ4n) is 4.15. The number of carbonyl (C=O) groups excluding carboxylic acids is 2. The monoisotopic (exact) mass is 488 g/mol. The molecule has 0 aromatic heterocycles. The molecule has 1 saturated heterocycles. The average molecular weight is 489 g/mol. The number of ether oxygens (including phenoxy) is 1. The lowest BCUT2D eigenvalue weighted by Gasteiger charge is -2.38. The predicted octanol–water partition coefficient (Wildman–Crippen LogP) is 4.77. The smallest absolute Gasteiger partial charge is 0.410 e. The zero-order chi connectivity index (χ0) is 24.6. The fourth-order valence-corrected chi connectivity index (χ4v) is 5.56. The van der Waals surface area contributed by atoms with Gasteiger partial charge in [0.15, 0.2) is 0 Å². The first-order chi connectivity index (χ1) is 16.3. The van der Waals surface area contributed by atoms with Gasteiger partial charge in [0.05, 0.1) is 12.2 Å². The molecule has 34 heavy (non-hydrogen) atoms. The summed E-state index contributed by atoms with van der Waals surface area (Å²) in [5.41, 5.74) is 1.83. The fraction of sp³-hybridized carbons (Fsp3) is 0.440. The zero-order valence-electron chi connectivity index (χ0n) is 19.9. The van der Waals surface area contributed by atoms with Crippen LogP contribution in [0.1, 0.15) is 36.9 Å². The Morgan fingerprint density at radius 1 is 1.06 bits per heavy atom. The summed E-state index contributed by atoms with van der Waals surface area (Å²) in [5.74, 6) is -0.380. The summed E-state index contributed by atoms with van der Waals surface area (Å²) in [6.45, 7) is 2.33. The lowest BCUT2D eigenvalue weighted by Crippen LogP contribution is -2.54. The Balaban J connectivity index is 1.73. The second-order valence-electron chi connectivity index (χ2n) is 8.44. The number of hydrogen-bond donors (Lipinski definition) is 1. The molecular weight excluding hydrogens is 455 g/mol. The van der Waals surface area contributed by atoms with Crippen molar-refractivity contribution in [1.29, 1.82) is 0 Å². The third-order valence-electron chi connectivity index (χ3n) is 6.15. The van der Waals surface area contributed by atoms with E-state index in [2.05, 4.69) is 5.32 Å². The van der Waals surface area contributed by atoms with E-state index in [1.807, 2.05) is 67.6 Å². The minimum Gasteiger partial charge on any atom is -0.445 e. The van der Waals surface area contributed by atoms with Gasteiger partial charge in [0.1, 0.15) is 12.6 Å². The van der Waals surface area contributed by atoms with E-state index in [1.165, 1.54) is 19.1 Å². The summed E-state index contributed by atoms with van der Waals surface area (Å²) in [6.07, 6.45) is 0.543. The van der Waals surface area contributed by atoms with Crippen molar-refractivity contribution in [1.82, 2.24) is 10.2 Å². The molecular formula is C25H33N2O6P. The highest BCUT2D eigenvalue weighted by atomic mass is 31.2. The molecule has 0 saturated carbocycles. The second kappa shape index (κ2) is 12.2. The topological polar surface area (TPSA) is 94.2 Å². The Morgan fingerprint density at radius 2 is 1.68 bits per heavy atom. The van der Waals surface area contributed by atoms with Gasteiger partial charge in [-0.25, -0.2) is 4.79 Å². The minimum atomic E-state index is -3.24. The quantitative estimate of drug-likeness (QED) is 0.511. The number of hydrogen-bond acceptors (Lipinski definition) is 6. The molecule has 1 fully saturated rings. The molecule has 3 atom stereocenters. The van der Waals surface area contributed by atoms with Gasteiger partial charge < -0.3 is 19.1 Å². The van der Waals surface area contributed by atoms with E-state index in [1.54, 1.807) is 0 Å². The maximum atomic E-state index is 13.3. The molecule has 0 bridgehead atoms. The zero-order valence-corrected chi connectivity index (χ0v) is 20.8. The van der Waals surface area contributed by atoms with E-state index in [0.29, 0.717) is 19.4 Å². The van der Waals surface area contributed by atoms with Crippen LogP contribution in [0.5, 0.6) is 0 Å². The van der Waals surface area contributed by atoms with Crippen molar-refractivity contribution in [2.75, 3.05) is 26.9 Å². The molecule has 0 radical (unpaired) electrons. The van der Waals surface area contributed by atoms with Crippen molar-refractivity contribution < 1.29 is 27.9 Å². The van der Waals surface area contributed by atoms with E-state index in [0.717, 1.165) is 11.1 Å². The second-order valence-corrected chi connectivity index (χ2v) is 10.8. The maximum Gasteiger partial charge on any atom is 0.410 e. The van der Waals surface area contributed by atoms with Crippen molar-refractivity contribution >= 4 is 19.6 Å². The van der Waals surface area contributed by atoms with Crippen LogP contribution in [0.25, 0.3) is 0 Å². The van der Waals surface area contributed by atoms with Gasteiger partial charge in [-0.2, -0.15) is 0 Å². The third kappa shape index (κ3) is 6.92. The first-order valence-electron chi connectivity index (χ1n) is 11.4. The number of piperidine rings is 1. The molecule has 1 N–H and O–H groups in total. The summed E-state index contributed by atoms with van der Waals surface area (Å²) in [5, 5.41) is 3.02. The first-order valence-corrected chi connectivity index (χ1v) is 13.1. The Hall–Kier alpha value is -2.67. The third-order valence-corrected chi connectivity index (χ3v) is 8.23. The molecule has 0 spiro atoms. The standard InChI is InChI=1S/C25H33N2O6P/c1-19(22-12-8-5-9-13-22)26-24(28)23-16-21(18-34(30,31-2)32-3)14-15-27(23)25(29)33-17-20-10-6-4-7-11-20/h4-13,19,21,23H,14-18H2,1-3H3,(H,26,28)/t19?,21-,23+/m1/s1. The highest BCUT2D eigenvalue weighted by Gasteiger charge is 2.40. The normalized spacial score (nSPS) is 19.3. The SMILES string of the molecule is COP(=O)(C[C@@H]1CCN(C(=O)OCc2ccccc2)[C@H](C(=O)NC(C)c2ccccc2)C1)OC. The van der Waals surface area contributed by atoms with Crippen LogP contribution in [-0.2, 0) is 29.8 Å². The van der Waals surface area contributed by atoms with Gasteiger partial charge >= 0.3 is 13.7 Å². The molecule has 1 aliphatic rings. The lowest BCUT2D eigenvalue weighted by atomic mass is 9.91. The molecule has 2 amide bonds. The summed E-state index contributed by atoms with van der Waals surface area (Å²) < 4.78 is 28.4. The number of carbonyl (C=O) groups is 2. The molecule has 3 rings (SSSR count). The van der Waals surface area contributed by atoms with E-state index in [4.69, 9.17) is 13.8 Å². The molecule has 9 heteroatoms. The van der Waals surface area contributed by atoms with Crippen LogP contribution >= 0.6 is 7.60 Å². The Kier molecular flexibility index (Phi) is 9.28. The molecule has 2 aromatic carbocycles. The molecule has 184 valence electrons. The minimum absolute atomic E-state index is 0.105. The van der Waals surface area contributed by atoms with Crippen molar-refractivity contribution in [2.45, 2.75) is 38.5 Å². The van der Waals surface area contributed by atoms with E-state index >= 15 is 0 Å². The van der Waals surface area contributed by atoms with Gasteiger partial charge in [-0.05, 0) is 36.8 Å². The van der Waals surface area contributed by atoms with Crippen LogP contribution in [0.3, 0.4) is 0 Å². The number of amides is 2. The van der Waals surface area contributed by atoms with Gasteiger partial charge in [-0.15, -0.1) is 0 Å². The van der Waals surface area contributed by atoms with Crippen LogP contribution in [0.4, 0.5) is 4.79 Å². The molecule has 1 unspecified atom stereocenters. The van der Waals surface area contributed by atoms with E-state index in [9.17, 15) is 14.2 Å². The predicted molar refractivity (Wildman–Crippen MR) is 129 cm³/mol. The number of likely N-dealkylation sites (tertiary alicyclic amines) is 1. The molecule has 1 aliphatic heterocycles. The van der Waals surface area contributed by atoms with Crippen LogP contribution in [0.15, 0.2) is 60.7 Å². The number of rotatable bonds is 9. The largest absolute Gasteiger partial charge is 0.445 e. The van der Waals surface area contributed by atoms with Gasteiger partial charge in [-0.3, -0.25) is 14.3 Å². The van der Waals surface area contributed by atoms with Gasteiger partial charge in [0, 0.05) is 20.8 Å². The highest BCUT2D eigenvalue weighted by molar-refractivity contribution is 7.53. The summed E-state index contributed by atoms with van der Waals surface area (Å²) in [6, 6.07) is 18.0. The molecule has 2 aromatic rings. The van der Waals surface area contributed by atoms with Crippen LogP contribution in [-0.4, -0.2) is 49.9 Å². The molecule has 0 aliphatic carbocycles. The van der Waals surface area contributed by atoms with Crippen molar-refractivity contribution in [3.63, 3.8) is 0 Å². The van der Waals surface area contributed by atoms with Crippen molar-refractivity contribution in [3.05, 3.63) is 71.8 Å². The molecule has 8 nitrogen and oxygen atoms in total. The summed E-state index contributed by atoms with van der Waals surface area (Å²) >= 11 is 0. The van der Waals surface area contributed by atoms with E-state index in [-0.39, 0.29) is 30.6 Å². The van der Waals surface area contributed by atoms with Crippen LogP contribution in [0, 0.1) is 5.92 Å². The summed E-state index contributed by atoms with van der Waals surface area (Å²) in [4.78, 5) is 27.8. The Bertz CT molecular complexity index is 979. The number of nitrogens with one attached hydrogen (secondary N) is 1. The summed E-state index contributed by atoms with van der Waals surface area (Å²) in [7, 11) is -0.538. The maximum absolute atomic E-state index is 13.3. The Labute approximate surface area is 201 Å². The first kappa shape index (κ1) is 25.9. The Morgan fingerprint density at radius 3 is 2.29 bits per heavy atom. The van der Waals surface area contributed by atoms with Gasteiger partial charge in [0.25, 0.3) is 0 Å². The number of nitrogens with zero attached hydrogens (tertiary/aromatic N) is 1. The van der Waals surface area contributed by atoms with Crippen LogP contribution in [0.2, 0.25) is 0 Å². The lowest BCUT2D eigenvalue weighted by molar-refractivity contribution is -0.128. The average Bonchev–Trinajstić information content (AvgIpc) is 2.88. The van der Waals surface area contributed by atoms with Crippen LogP contribution < -0.4 is 5.32 Å².